The summed E-state index contributed by atoms with van der Waals surface area (Å²) in [5, 5.41) is 0. The standard InChI is InChI=1S/C9H8N3/c1-2-7-12(8-3-1)9-10-5-4-6-11-9/h1-8H/q+1. The van der Waals surface area contributed by atoms with Crippen molar-refractivity contribution in [2.45, 2.75) is 0 Å². The Kier molecular flexibility index (Phi) is 1.78. The van der Waals surface area contributed by atoms with Crippen LogP contribution in [0, 0.1) is 0 Å². The first-order valence-corrected chi connectivity index (χ1v) is 3.70. The van der Waals surface area contributed by atoms with Gasteiger partial charge in [-0.15, -0.1) is 0 Å². The second-order valence-electron chi connectivity index (χ2n) is 2.33. The van der Waals surface area contributed by atoms with Crippen LogP contribution in [0.5, 0.6) is 0 Å². The van der Waals surface area contributed by atoms with Gasteiger partial charge in [-0.3, -0.25) is 0 Å². The molecule has 0 spiro atoms. The molecular weight excluding hydrogens is 150 g/mol. The summed E-state index contributed by atoms with van der Waals surface area (Å²) in [5.74, 6) is 0.693. The molecule has 0 saturated heterocycles. The first-order valence-electron chi connectivity index (χ1n) is 3.70. The SMILES string of the molecule is c1cc[n+](-c2ncccn2)cc1. The van der Waals surface area contributed by atoms with Gasteiger partial charge in [-0.25, -0.2) is 4.57 Å². The highest BCUT2D eigenvalue weighted by molar-refractivity contribution is 4.95. The molecule has 0 aliphatic heterocycles. The molecule has 0 aliphatic rings. The first kappa shape index (κ1) is 6.91. The van der Waals surface area contributed by atoms with Crippen LogP contribution in [0.4, 0.5) is 0 Å². The van der Waals surface area contributed by atoms with Crippen molar-refractivity contribution in [2.75, 3.05) is 0 Å². The minimum absolute atomic E-state index is 0.693. The average Bonchev–Trinajstić information content (AvgIpc) is 2.21. The van der Waals surface area contributed by atoms with E-state index in [1.165, 1.54) is 0 Å². The Bertz CT molecular complexity index is 307. The van der Waals surface area contributed by atoms with Gasteiger partial charge in [0.05, 0.1) is 12.4 Å². The normalized spacial score (nSPS) is 9.67. The maximum absolute atomic E-state index is 4.10. The predicted octanol–water partition coefficient (Wildman–Crippen LogP) is 0.753. The third-order valence-electron chi connectivity index (χ3n) is 1.50. The maximum Gasteiger partial charge on any atom is 0.437 e. The number of rotatable bonds is 1. The maximum atomic E-state index is 4.10. The van der Waals surface area contributed by atoms with Crippen molar-refractivity contribution in [3.63, 3.8) is 0 Å². The fourth-order valence-corrected chi connectivity index (χ4v) is 0.957. The molecule has 2 heterocycles. The van der Waals surface area contributed by atoms with E-state index in [0.29, 0.717) is 5.95 Å². The van der Waals surface area contributed by atoms with Gasteiger partial charge in [-0.1, -0.05) is 16.0 Å². The van der Waals surface area contributed by atoms with Crippen LogP contribution in [0.15, 0.2) is 49.1 Å². The van der Waals surface area contributed by atoms with Gasteiger partial charge in [0.25, 0.3) is 0 Å². The summed E-state index contributed by atoms with van der Waals surface area (Å²) in [4.78, 5) is 8.20. The van der Waals surface area contributed by atoms with E-state index >= 15 is 0 Å². The molecule has 0 aliphatic carbocycles. The van der Waals surface area contributed by atoms with E-state index in [0.717, 1.165) is 0 Å². The summed E-state index contributed by atoms with van der Waals surface area (Å²) in [5.41, 5.74) is 0. The topological polar surface area (TPSA) is 29.7 Å². The Hall–Kier alpha value is -1.77. The van der Waals surface area contributed by atoms with Crippen molar-refractivity contribution >= 4 is 0 Å². The molecule has 0 unspecified atom stereocenters. The van der Waals surface area contributed by atoms with Crippen LogP contribution in [0.2, 0.25) is 0 Å². The minimum Gasteiger partial charge on any atom is -0.206 e. The number of pyridine rings is 1. The molecule has 2 aromatic heterocycles. The van der Waals surface area contributed by atoms with E-state index in [9.17, 15) is 0 Å². The lowest BCUT2D eigenvalue weighted by Crippen LogP contribution is -2.31. The Balaban J connectivity index is 2.46. The van der Waals surface area contributed by atoms with Gasteiger partial charge in [-0.2, -0.15) is 0 Å². The molecule has 3 nitrogen and oxygen atoms in total. The zero-order valence-electron chi connectivity index (χ0n) is 6.46. The molecule has 0 bridgehead atoms. The molecule has 58 valence electrons. The van der Waals surface area contributed by atoms with Gasteiger partial charge >= 0.3 is 5.95 Å². The van der Waals surface area contributed by atoms with E-state index in [-0.39, 0.29) is 0 Å². The second-order valence-corrected chi connectivity index (χ2v) is 2.33. The van der Waals surface area contributed by atoms with E-state index in [1.54, 1.807) is 18.5 Å². The van der Waals surface area contributed by atoms with Gasteiger partial charge in [0.1, 0.15) is 12.4 Å². The molecule has 0 aromatic carbocycles. The average molecular weight is 158 g/mol. The van der Waals surface area contributed by atoms with Crippen LogP contribution in [0.25, 0.3) is 5.95 Å². The lowest BCUT2D eigenvalue weighted by molar-refractivity contribution is -0.603. The van der Waals surface area contributed by atoms with Crippen molar-refractivity contribution in [1.29, 1.82) is 0 Å². The molecule has 0 saturated carbocycles. The van der Waals surface area contributed by atoms with Crippen LogP contribution in [0.1, 0.15) is 0 Å². The van der Waals surface area contributed by atoms with E-state index in [2.05, 4.69) is 9.97 Å². The highest BCUT2D eigenvalue weighted by atomic mass is 15.1. The fraction of sp³-hybridized carbons (Fsp3) is 0. The van der Waals surface area contributed by atoms with Gasteiger partial charge < -0.3 is 0 Å². The van der Waals surface area contributed by atoms with Gasteiger partial charge in [0.2, 0.25) is 0 Å². The molecule has 0 radical (unpaired) electrons. The molecule has 2 aromatic rings. The number of nitrogens with zero attached hydrogens (tertiary/aromatic N) is 3. The first-order chi connectivity index (χ1) is 5.97. The smallest absolute Gasteiger partial charge is 0.206 e. The molecular formula is C9H8N3+. The van der Waals surface area contributed by atoms with Crippen LogP contribution >= 0.6 is 0 Å². The van der Waals surface area contributed by atoms with Crippen molar-refractivity contribution < 1.29 is 4.57 Å². The fourth-order valence-electron chi connectivity index (χ4n) is 0.957. The monoisotopic (exact) mass is 158 g/mol. The van der Waals surface area contributed by atoms with Crippen LogP contribution < -0.4 is 4.57 Å². The zero-order valence-corrected chi connectivity index (χ0v) is 6.46. The predicted molar refractivity (Wildman–Crippen MR) is 43.6 cm³/mol. The van der Waals surface area contributed by atoms with Crippen LogP contribution in [-0.4, -0.2) is 9.97 Å². The van der Waals surface area contributed by atoms with Gasteiger partial charge in [0.15, 0.2) is 0 Å². The summed E-state index contributed by atoms with van der Waals surface area (Å²) in [6.07, 6.45) is 7.27. The number of hydrogen-bond donors (Lipinski definition) is 0. The molecule has 3 heteroatoms. The van der Waals surface area contributed by atoms with E-state index < -0.39 is 0 Å². The Morgan fingerprint density at radius 3 is 2.17 bits per heavy atom. The lowest BCUT2D eigenvalue weighted by Gasteiger charge is -1.91. The zero-order chi connectivity index (χ0) is 8.23. The summed E-state index contributed by atoms with van der Waals surface area (Å²) in [6, 6.07) is 7.64. The molecule has 12 heavy (non-hydrogen) atoms. The van der Waals surface area contributed by atoms with Crippen molar-refractivity contribution in [3.8, 4) is 5.95 Å². The van der Waals surface area contributed by atoms with Crippen molar-refractivity contribution in [2.24, 2.45) is 0 Å². The largest absolute Gasteiger partial charge is 0.437 e. The van der Waals surface area contributed by atoms with Crippen LogP contribution in [-0.2, 0) is 0 Å². The third-order valence-corrected chi connectivity index (χ3v) is 1.50. The summed E-state index contributed by atoms with van der Waals surface area (Å²) < 4.78 is 1.86. The summed E-state index contributed by atoms with van der Waals surface area (Å²) in [6.45, 7) is 0. The van der Waals surface area contributed by atoms with Gasteiger partial charge in [-0.05, 0) is 12.1 Å². The quantitative estimate of drug-likeness (QED) is 0.573. The molecule has 0 N–H and O–H groups in total. The summed E-state index contributed by atoms with van der Waals surface area (Å²) >= 11 is 0. The number of hydrogen-bond acceptors (Lipinski definition) is 2. The Morgan fingerprint density at radius 1 is 0.833 bits per heavy atom. The molecule has 2 rings (SSSR count). The highest BCUT2D eigenvalue weighted by Gasteiger charge is 2.04. The van der Waals surface area contributed by atoms with Crippen molar-refractivity contribution in [3.05, 3.63) is 49.1 Å². The Labute approximate surface area is 70.4 Å². The highest BCUT2D eigenvalue weighted by Crippen LogP contribution is 1.85. The Morgan fingerprint density at radius 2 is 1.50 bits per heavy atom. The lowest BCUT2D eigenvalue weighted by atomic mass is 10.5. The van der Waals surface area contributed by atoms with Crippen LogP contribution in [0.3, 0.4) is 0 Å². The minimum atomic E-state index is 0.693. The van der Waals surface area contributed by atoms with Gasteiger partial charge in [0, 0.05) is 6.07 Å². The molecule has 0 atom stereocenters. The molecule has 0 fully saturated rings. The third kappa shape index (κ3) is 1.29. The second kappa shape index (κ2) is 3.09. The van der Waals surface area contributed by atoms with Crippen molar-refractivity contribution in [1.82, 2.24) is 9.97 Å². The number of aromatic nitrogens is 3. The van der Waals surface area contributed by atoms with E-state index in [1.807, 2.05) is 35.2 Å². The summed E-state index contributed by atoms with van der Waals surface area (Å²) in [7, 11) is 0. The molecule has 0 amide bonds. The van der Waals surface area contributed by atoms with E-state index in [4.69, 9.17) is 0 Å².